The first-order valence-electron chi connectivity index (χ1n) is 7.54. The maximum absolute atomic E-state index is 12.9. The van der Waals surface area contributed by atoms with E-state index in [2.05, 4.69) is 5.32 Å². The minimum atomic E-state index is -0.556. The number of carbonyl (C=O) groups excluding carboxylic acids is 2. The minimum absolute atomic E-state index is 0.0455. The normalized spacial score (nSPS) is 15.5. The standard InChI is InChI=1S/C17H18FN3O3/c1-24-17(23)12-6-8-21(9-7-12)11-13(10-19)16(22)20-15-4-2-14(18)3-5-15/h2-5,11-12H,6-9H2,1H3,(H,20,22). The van der Waals surface area contributed by atoms with Gasteiger partial charge in [-0.3, -0.25) is 9.59 Å². The molecule has 1 N–H and O–H groups in total. The van der Waals surface area contributed by atoms with Crippen molar-refractivity contribution in [2.24, 2.45) is 5.92 Å². The van der Waals surface area contributed by atoms with Crippen molar-refractivity contribution in [2.75, 3.05) is 25.5 Å². The second-order valence-electron chi connectivity index (χ2n) is 5.45. The van der Waals surface area contributed by atoms with Crippen LogP contribution in [-0.4, -0.2) is 37.0 Å². The zero-order valence-electron chi connectivity index (χ0n) is 13.3. The molecule has 1 aliphatic rings. The highest BCUT2D eigenvalue weighted by Crippen LogP contribution is 2.19. The largest absolute Gasteiger partial charge is 0.469 e. The lowest BCUT2D eigenvalue weighted by molar-refractivity contribution is -0.146. The second-order valence-corrected chi connectivity index (χ2v) is 5.45. The van der Waals surface area contributed by atoms with Gasteiger partial charge in [0.1, 0.15) is 17.5 Å². The van der Waals surface area contributed by atoms with Crippen LogP contribution in [0.25, 0.3) is 0 Å². The summed E-state index contributed by atoms with van der Waals surface area (Å²) in [5, 5.41) is 11.7. The monoisotopic (exact) mass is 331 g/mol. The van der Waals surface area contributed by atoms with Crippen molar-refractivity contribution in [3.8, 4) is 6.07 Å². The number of nitriles is 1. The molecule has 0 radical (unpaired) electrons. The van der Waals surface area contributed by atoms with E-state index in [0.29, 0.717) is 31.6 Å². The van der Waals surface area contributed by atoms with Gasteiger partial charge in [-0.1, -0.05) is 0 Å². The van der Waals surface area contributed by atoms with E-state index in [1.807, 2.05) is 11.0 Å². The van der Waals surface area contributed by atoms with Crippen molar-refractivity contribution in [1.29, 1.82) is 5.26 Å². The van der Waals surface area contributed by atoms with Crippen LogP contribution in [-0.2, 0) is 14.3 Å². The number of rotatable bonds is 4. The SMILES string of the molecule is COC(=O)C1CCN(C=C(C#N)C(=O)Nc2ccc(F)cc2)CC1. The number of anilines is 1. The van der Waals surface area contributed by atoms with Crippen molar-refractivity contribution in [3.63, 3.8) is 0 Å². The van der Waals surface area contributed by atoms with Gasteiger partial charge in [0.25, 0.3) is 5.91 Å². The number of nitrogens with one attached hydrogen (secondary N) is 1. The molecule has 1 saturated heterocycles. The van der Waals surface area contributed by atoms with E-state index >= 15 is 0 Å². The van der Waals surface area contributed by atoms with Crippen LogP contribution in [0.1, 0.15) is 12.8 Å². The molecule has 0 aliphatic carbocycles. The molecule has 0 spiro atoms. The van der Waals surface area contributed by atoms with Gasteiger partial charge in [-0.25, -0.2) is 4.39 Å². The Kier molecular flexibility index (Phi) is 5.90. The maximum Gasteiger partial charge on any atom is 0.308 e. The van der Waals surface area contributed by atoms with Gasteiger partial charge in [-0.05, 0) is 37.1 Å². The fraction of sp³-hybridized carbons (Fsp3) is 0.353. The number of piperidine rings is 1. The Hall–Kier alpha value is -2.88. The molecule has 7 heteroatoms. The van der Waals surface area contributed by atoms with E-state index in [-0.39, 0.29) is 17.5 Å². The van der Waals surface area contributed by atoms with Crippen LogP contribution >= 0.6 is 0 Å². The van der Waals surface area contributed by atoms with Crippen molar-refractivity contribution in [1.82, 2.24) is 4.90 Å². The van der Waals surface area contributed by atoms with Gasteiger partial charge >= 0.3 is 5.97 Å². The first kappa shape index (κ1) is 17.5. The van der Waals surface area contributed by atoms with Gasteiger partial charge < -0.3 is 15.0 Å². The van der Waals surface area contributed by atoms with Gasteiger partial charge in [-0.2, -0.15) is 5.26 Å². The van der Waals surface area contributed by atoms with Crippen LogP contribution < -0.4 is 5.32 Å². The highest BCUT2D eigenvalue weighted by Gasteiger charge is 2.25. The number of ether oxygens (including phenoxy) is 1. The molecule has 1 aliphatic heterocycles. The average molecular weight is 331 g/mol. The smallest absolute Gasteiger partial charge is 0.308 e. The maximum atomic E-state index is 12.9. The molecule has 24 heavy (non-hydrogen) atoms. The molecule has 0 bridgehead atoms. The van der Waals surface area contributed by atoms with Gasteiger partial charge in [0.05, 0.1) is 13.0 Å². The topological polar surface area (TPSA) is 82.4 Å². The minimum Gasteiger partial charge on any atom is -0.469 e. The van der Waals surface area contributed by atoms with Gasteiger partial charge in [-0.15, -0.1) is 0 Å². The molecule has 2 rings (SSSR count). The lowest BCUT2D eigenvalue weighted by Crippen LogP contribution is -2.34. The number of carbonyl (C=O) groups is 2. The summed E-state index contributed by atoms with van der Waals surface area (Å²) in [6.07, 6.45) is 2.72. The molecule has 0 unspecified atom stereocenters. The molecule has 1 aromatic rings. The van der Waals surface area contributed by atoms with Gasteiger partial charge in [0, 0.05) is 25.0 Å². The summed E-state index contributed by atoms with van der Waals surface area (Å²) < 4.78 is 17.6. The lowest BCUT2D eigenvalue weighted by Gasteiger charge is -2.29. The third-order valence-electron chi connectivity index (χ3n) is 3.84. The predicted octanol–water partition coefficient (Wildman–Crippen LogP) is 2.06. The highest BCUT2D eigenvalue weighted by molar-refractivity contribution is 6.06. The molecule has 1 amide bonds. The van der Waals surface area contributed by atoms with Crippen molar-refractivity contribution in [3.05, 3.63) is 41.9 Å². The van der Waals surface area contributed by atoms with Gasteiger partial charge in [0.15, 0.2) is 0 Å². The van der Waals surface area contributed by atoms with Crippen molar-refractivity contribution < 1.29 is 18.7 Å². The first-order valence-corrected chi connectivity index (χ1v) is 7.54. The number of hydrogen-bond donors (Lipinski definition) is 1. The Morgan fingerprint density at radius 1 is 1.33 bits per heavy atom. The summed E-state index contributed by atoms with van der Waals surface area (Å²) in [5.41, 5.74) is 0.364. The van der Waals surface area contributed by atoms with Gasteiger partial charge in [0.2, 0.25) is 0 Å². The first-order chi connectivity index (χ1) is 11.5. The number of methoxy groups -OCH3 is 1. The van der Waals surface area contributed by atoms with E-state index in [9.17, 15) is 19.2 Å². The third-order valence-corrected chi connectivity index (χ3v) is 3.84. The van der Waals surface area contributed by atoms with E-state index < -0.39 is 11.7 Å². The number of halogens is 1. The zero-order valence-corrected chi connectivity index (χ0v) is 13.3. The quantitative estimate of drug-likeness (QED) is 0.519. The van der Waals surface area contributed by atoms with E-state index in [0.717, 1.165) is 0 Å². The van der Waals surface area contributed by atoms with Crippen molar-refractivity contribution >= 4 is 17.6 Å². The summed E-state index contributed by atoms with van der Waals surface area (Å²) in [4.78, 5) is 25.4. The van der Waals surface area contributed by atoms with Crippen LogP contribution in [0.5, 0.6) is 0 Å². The summed E-state index contributed by atoms with van der Waals surface area (Å²) in [5.74, 6) is -1.33. The van der Waals surface area contributed by atoms with E-state index in [1.54, 1.807) is 0 Å². The molecule has 6 nitrogen and oxygen atoms in total. The van der Waals surface area contributed by atoms with Crippen LogP contribution in [0.4, 0.5) is 10.1 Å². The van der Waals surface area contributed by atoms with Crippen LogP contribution in [0, 0.1) is 23.1 Å². The summed E-state index contributed by atoms with van der Waals surface area (Å²) >= 11 is 0. The Morgan fingerprint density at radius 2 is 1.96 bits per heavy atom. The number of hydrogen-bond acceptors (Lipinski definition) is 5. The number of benzene rings is 1. The predicted molar refractivity (Wildman–Crippen MR) is 85.0 cm³/mol. The van der Waals surface area contributed by atoms with E-state index in [4.69, 9.17) is 4.74 Å². The Balaban J connectivity index is 1.97. The second kappa shape index (κ2) is 8.11. The molecule has 1 heterocycles. The number of nitrogens with zero attached hydrogens (tertiary/aromatic N) is 2. The molecular formula is C17H18FN3O3. The number of amides is 1. The number of esters is 1. The third kappa shape index (κ3) is 4.56. The Bertz CT molecular complexity index is 671. The molecule has 0 aromatic heterocycles. The van der Waals surface area contributed by atoms with Crippen molar-refractivity contribution in [2.45, 2.75) is 12.8 Å². The summed E-state index contributed by atoms with van der Waals surface area (Å²) in [6, 6.07) is 7.16. The molecular weight excluding hydrogens is 313 g/mol. The van der Waals surface area contributed by atoms with Crippen LogP contribution in [0.2, 0.25) is 0 Å². The fourth-order valence-electron chi connectivity index (χ4n) is 2.48. The summed E-state index contributed by atoms with van der Waals surface area (Å²) in [6.45, 7) is 1.13. The Morgan fingerprint density at radius 3 is 2.50 bits per heavy atom. The summed E-state index contributed by atoms with van der Waals surface area (Å²) in [7, 11) is 1.36. The molecule has 1 aromatic carbocycles. The molecule has 1 fully saturated rings. The zero-order chi connectivity index (χ0) is 17.5. The average Bonchev–Trinajstić information content (AvgIpc) is 2.61. The fourth-order valence-corrected chi connectivity index (χ4v) is 2.48. The van der Waals surface area contributed by atoms with Crippen LogP contribution in [0.15, 0.2) is 36.0 Å². The Labute approximate surface area is 139 Å². The molecule has 126 valence electrons. The molecule has 0 atom stereocenters. The number of likely N-dealkylation sites (tertiary alicyclic amines) is 1. The molecule has 0 saturated carbocycles. The van der Waals surface area contributed by atoms with E-state index in [1.165, 1.54) is 37.6 Å². The highest BCUT2D eigenvalue weighted by atomic mass is 19.1. The lowest BCUT2D eigenvalue weighted by atomic mass is 9.97. The van der Waals surface area contributed by atoms with Crippen LogP contribution in [0.3, 0.4) is 0 Å².